The zero-order valence-electron chi connectivity index (χ0n) is 10.5. The minimum atomic E-state index is -0.664. The van der Waals surface area contributed by atoms with E-state index in [2.05, 4.69) is 6.58 Å². The molecule has 0 bridgehead atoms. The Bertz CT molecular complexity index is 376. The number of hydrogen-bond acceptors (Lipinski definition) is 2. The van der Waals surface area contributed by atoms with Crippen molar-refractivity contribution in [2.45, 2.75) is 25.9 Å². The normalized spacial score (nSPS) is 12.2. The molecule has 17 heavy (non-hydrogen) atoms. The first-order chi connectivity index (χ1) is 8.06. The molecular formula is C14H20FNO. The number of rotatable bonds is 6. The van der Waals surface area contributed by atoms with E-state index in [1.807, 2.05) is 18.0 Å². The Kier molecular flexibility index (Phi) is 5.16. The van der Waals surface area contributed by atoms with E-state index in [9.17, 15) is 9.50 Å². The largest absolute Gasteiger partial charge is 0.389 e. The Balaban J connectivity index is 2.84. The second-order valence-corrected chi connectivity index (χ2v) is 4.23. The van der Waals surface area contributed by atoms with Crippen molar-refractivity contribution in [1.29, 1.82) is 0 Å². The van der Waals surface area contributed by atoms with Crippen molar-refractivity contribution in [3.05, 3.63) is 42.2 Å². The van der Waals surface area contributed by atoms with Gasteiger partial charge in [0.2, 0.25) is 0 Å². The maximum absolute atomic E-state index is 13.1. The number of hydrogen-bond donors (Lipinski definition) is 1. The lowest BCUT2D eigenvalue weighted by molar-refractivity contribution is 0.199. The first-order valence-electron chi connectivity index (χ1n) is 5.85. The fourth-order valence-electron chi connectivity index (χ4n) is 1.80. The van der Waals surface area contributed by atoms with Gasteiger partial charge in [0.05, 0.1) is 6.10 Å². The summed E-state index contributed by atoms with van der Waals surface area (Å²) in [5.74, 6) is -0.316. The summed E-state index contributed by atoms with van der Waals surface area (Å²) in [5.41, 5.74) is 1.51. The topological polar surface area (TPSA) is 23.5 Å². The molecule has 1 N–H and O–H groups in total. The van der Waals surface area contributed by atoms with Gasteiger partial charge in [0.15, 0.2) is 0 Å². The maximum Gasteiger partial charge on any atom is 0.123 e. The third-order valence-electron chi connectivity index (χ3n) is 2.75. The molecule has 0 saturated carbocycles. The third kappa shape index (κ3) is 3.86. The third-order valence-corrected chi connectivity index (χ3v) is 2.75. The number of aliphatic hydroxyl groups is 1. The number of unbranched alkanes of at least 4 members (excludes halogenated alkanes) is 1. The molecule has 0 aliphatic rings. The molecule has 0 aliphatic carbocycles. The molecule has 0 saturated heterocycles. The summed E-state index contributed by atoms with van der Waals surface area (Å²) >= 11 is 0. The summed E-state index contributed by atoms with van der Waals surface area (Å²) in [6, 6.07) is 4.53. The van der Waals surface area contributed by atoms with E-state index >= 15 is 0 Å². The Labute approximate surface area is 102 Å². The lowest BCUT2D eigenvalue weighted by Gasteiger charge is -2.23. The SMILES string of the molecule is C=CCCCN(C)c1ccc(F)cc1C(C)O. The molecule has 1 aromatic carbocycles. The van der Waals surface area contributed by atoms with Crippen LogP contribution in [0.4, 0.5) is 10.1 Å². The van der Waals surface area contributed by atoms with Gasteiger partial charge >= 0.3 is 0 Å². The molecular weight excluding hydrogens is 217 g/mol. The predicted octanol–water partition coefficient (Wildman–Crippen LogP) is 3.28. The first-order valence-corrected chi connectivity index (χ1v) is 5.85. The second kappa shape index (κ2) is 6.40. The Morgan fingerprint density at radius 3 is 2.82 bits per heavy atom. The summed E-state index contributed by atoms with van der Waals surface area (Å²) in [7, 11) is 1.95. The van der Waals surface area contributed by atoms with Gasteiger partial charge in [-0.15, -0.1) is 6.58 Å². The van der Waals surface area contributed by atoms with E-state index in [4.69, 9.17) is 0 Å². The van der Waals surface area contributed by atoms with E-state index in [1.165, 1.54) is 12.1 Å². The highest BCUT2D eigenvalue weighted by Crippen LogP contribution is 2.26. The molecule has 1 aromatic rings. The molecule has 3 heteroatoms. The van der Waals surface area contributed by atoms with Crippen LogP contribution in [0.25, 0.3) is 0 Å². The summed E-state index contributed by atoms with van der Waals surface area (Å²) in [6.45, 7) is 6.19. The molecule has 1 atom stereocenters. The average Bonchev–Trinajstić information content (AvgIpc) is 2.29. The molecule has 1 unspecified atom stereocenters. The van der Waals surface area contributed by atoms with Crippen LogP contribution in [0.15, 0.2) is 30.9 Å². The van der Waals surface area contributed by atoms with Crippen LogP contribution in [-0.4, -0.2) is 18.7 Å². The fourth-order valence-corrected chi connectivity index (χ4v) is 1.80. The van der Waals surface area contributed by atoms with E-state index in [0.29, 0.717) is 5.56 Å². The van der Waals surface area contributed by atoms with Crippen molar-refractivity contribution in [3.8, 4) is 0 Å². The van der Waals surface area contributed by atoms with Gasteiger partial charge in [-0.25, -0.2) is 4.39 Å². The second-order valence-electron chi connectivity index (χ2n) is 4.23. The highest BCUT2D eigenvalue weighted by molar-refractivity contribution is 5.54. The van der Waals surface area contributed by atoms with Crippen molar-refractivity contribution >= 4 is 5.69 Å². The van der Waals surface area contributed by atoms with E-state index in [1.54, 1.807) is 13.0 Å². The van der Waals surface area contributed by atoms with Crippen molar-refractivity contribution in [3.63, 3.8) is 0 Å². The molecule has 0 radical (unpaired) electrons. The number of anilines is 1. The quantitative estimate of drug-likeness (QED) is 0.606. The van der Waals surface area contributed by atoms with Crippen molar-refractivity contribution in [2.24, 2.45) is 0 Å². The van der Waals surface area contributed by atoms with Crippen LogP contribution in [0.5, 0.6) is 0 Å². The van der Waals surface area contributed by atoms with Gasteiger partial charge in [-0.1, -0.05) is 6.08 Å². The standard InChI is InChI=1S/C14H20FNO/c1-4-5-6-9-16(3)14-8-7-12(15)10-13(14)11(2)17/h4,7-8,10-11,17H,1,5-6,9H2,2-3H3. The molecule has 0 spiro atoms. The molecule has 0 aromatic heterocycles. The van der Waals surface area contributed by atoms with Gasteiger partial charge in [0.25, 0.3) is 0 Å². The van der Waals surface area contributed by atoms with Crippen LogP contribution in [-0.2, 0) is 0 Å². The van der Waals surface area contributed by atoms with Crippen molar-refractivity contribution in [1.82, 2.24) is 0 Å². The summed E-state index contributed by atoms with van der Waals surface area (Å²) < 4.78 is 13.1. The zero-order chi connectivity index (χ0) is 12.8. The molecule has 0 amide bonds. The van der Waals surface area contributed by atoms with Crippen molar-refractivity contribution in [2.75, 3.05) is 18.5 Å². The maximum atomic E-state index is 13.1. The van der Waals surface area contributed by atoms with Crippen LogP contribution in [0.2, 0.25) is 0 Å². The summed E-state index contributed by atoms with van der Waals surface area (Å²) in [6.07, 6.45) is 3.17. The number of aliphatic hydroxyl groups excluding tert-OH is 1. The van der Waals surface area contributed by atoms with Gasteiger partial charge in [-0.2, -0.15) is 0 Å². The minimum absolute atomic E-state index is 0.316. The van der Waals surface area contributed by atoms with Crippen LogP contribution >= 0.6 is 0 Å². The summed E-state index contributed by atoms with van der Waals surface area (Å²) in [4.78, 5) is 2.03. The van der Waals surface area contributed by atoms with Gasteiger partial charge in [-0.05, 0) is 38.0 Å². The molecule has 0 aliphatic heterocycles. The van der Waals surface area contributed by atoms with Crippen LogP contribution in [0.3, 0.4) is 0 Å². The first kappa shape index (κ1) is 13.7. The van der Waals surface area contributed by atoms with E-state index < -0.39 is 6.10 Å². The van der Waals surface area contributed by atoms with Crippen LogP contribution in [0.1, 0.15) is 31.4 Å². The molecule has 2 nitrogen and oxygen atoms in total. The number of nitrogens with zero attached hydrogens (tertiary/aromatic N) is 1. The fraction of sp³-hybridized carbons (Fsp3) is 0.429. The number of halogens is 1. The molecule has 94 valence electrons. The Morgan fingerprint density at radius 1 is 1.53 bits per heavy atom. The minimum Gasteiger partial charge on any atom is -0.389 e. The highest BCUT2D eigenvalue weighted by Gasteiger charge is 2.12. The average molecular weight is 237 g/mol. The van der Waals surface area contributed by atoms with Gasteiger partial charge in [0, 0.05) is 24.8 Å². The van der Waals surface area contributed by atoms with Gasteiger partial charge in [-0.3, -0.25) is 0 Å². The lowest BCUT2D eigenvalue weighted by atomic mass is 10.1. The highest BCUT2D eigenvalue weighted by atomic mass is 19.1. The Morgan fingerprint density at radius 2 is 2.24 bits per heavy atom. The smallest absolute Gasteiger partial charge is 0.123 e. The Hall–Kier alpha value is -1.35. The molecule has 0 heterocycles. The van der Waals surface area contributed by atoms with Crippen LogP contribution in [0, 0.1) is 5.82 Å². The number of allylic oxidation sites excluding steroid dienone is 1. The van der Waals surface area contributed by atoms with Crippen LogP contribution < -0.4 is 4.90 Å². The molecule has 1 rings (SSSR count). The monoisotopic (exact) mass is 237 g/mol. The molecule has 0 fully saturated rings. The van der Waals surface area contributed by atoms with E-state index in [0.717, 1.165) is 25.1 Å². The van der Waals surface area contributed by atoms with Crippen molar-refractivity contribution < 1.29 is 9.50 Å². The number of benzene rings is 1. The van der Waals surface area contributed by atoms with E-state index in [-0.39, 0.29) is 5.82 Å². The predicted molar refractivity (Wildman–Crippen MR) is 69.7 cm³/mol. The zero-order valence-corrected chi connectivity index (χ0v) is 10.5. The van der Waals surface area contributed by atoms with Gasteiger partial charge < -0.3 is 10.0 Å². The summed E-state index contributed by atoms with van der Waals surface area (Å²) in [5, 5.41) is 9.64. The lowest BCUT2D eigenvalue weighted by Crippen LogP contribution is -2.20. The van der Waals surface area contributed by atoms with Gasteiger partial charge in [0.1, 0.15) is 5.82 Å².